The summed E-state index contributed by atoms with van der Waals surface area (Å²) in [5.41, 5.74) is 0.500. The first kappa shape index (κ1) is 20.6. The van der Waals surface area contributed by atoms with E-state index < -0.39 is 0 Å². The van der Waals surface area contributed by atoms with Crippen LogP contribution in [0.4, 0.5) is 0 Å². The number of aryl methyl sites for hydroxylation is 1. The third kappa shape index (κ3) is 6.20. The topological polar surface area (TPSA) is 74.6 Å². The van der Waals surface area contributed by atoms with Gasteiger partial charge < -0.3 is 24.1 Å². The monoisotopic (exact) mass is 375 g/mol. The van der Waals surface area contributed by atoms with Crippen molar-refractivity contribution < 1.29 is 19.0 Å². The van der Waals surface area contributed by atoms with E-state index in [2.05, 4.69) is 10.3 Å². The fourth-order valence-corrected chi connectivity index (χ4v) is 2.66. The molecule has 0 atom stereocenters. The number of nitrogens with one attached hydrogen (secondary N) is 1. The molecule has 2 aromatic rings. The zero-order valence-electron chi connectivity index (χ0n) is 16.4. The first-order valence-corrected chi connectivity index (χ1v) is 9.49. The SMILES string of the molecule is CCOc1cc(C(=O)NCCCCn2ccnc2)cc(OCC)c1OCC. The lowest BCUT2D eigenvalue weighted by Crippen LogP contribution is -2.24. The van der Waals surface area contributed by atoms with Crippen molar-refractivity contribution >= 4 is 5.91 Å². The Hall–Kier alpha value is -2.70. The Morgan fingerprint density at radius 2 is 1.70 bits per heavy atom. The highest BCUT2D eigenvalue weighted by molar-refractivity contribution is 5.95. The van der Waals surface area contributed by atoms with Gasteiger partial charge in [-0.05, 0) is 45.7 Å². The Kier molecular flexibility index (Phi) is 8.48. The van der Waals surface area contributed by atoms with Crippen LogP contribution in [0, 0.1) is 0 Å². The van der Waals surface area contributed by atoms with E-state index in [0.717, 1.165) is 19.4 Å². The third-order valence-electron chi connectivity index (χ3n) is 3.86. The molecule has 1 aromatic heterocycles. The Balaban J connectivity index is 1.98. The number of nitrogens with zero attached hydrogens (tertiary/aromatic N) is 2. The fraction of sp³-hybridized carbons (Fsp3) is 0.500. The number of hydrogen-bond acceptors (Lipinski definition) is 5. The summed E-state index contributed by atoms with van der Waals surface area (Å²) in [6, 6.07) is 3.41. The molecule has 1 amide bonds. The predicted octanol–water partition coefficient (Wildman–Crippen LogP) is 3.29. The number of benzene rings is 1. The molecule has 0 saturated carbocycles. The second kappa shape index (κ2) is 11.1. The van der Waals surface area contributed by atoms with Crippen LogP contribution in [0.15, 0.2) is 30.9 Å². The second-order valence-corrected chi connectivity index (χ2v) is 5.86. The van der Waals surface area contributed by atoms with Crippen LogP contribution in [0.5, 0.6) is 17.2 Å². The number of amides is 1. The quantitative estimate of drug-likeness (QED) is 0.576. The number of carbonyl (C=O) groups is 1. The van der Waals surface area contributed by atoms with Gasteiger partial charge in [0.25, 0.3) is 5.91 Å². The summed E-state index contributed by atoms with van der Waals surface area (Å²) in [4.78, 5) is 16.6. The zero-order valence-corrected chi connectivity index (χ0v) is 16.4. The second-order valence-electron chi connectivity index (χ2n) is 5.86. The molecule has 0 spiro atoms. The van der Waals surface area contributed by atoms with Crippen LogP contribution in [0.25, 0.3) is 0 Å². The van der Waals surface area contributed by atoms with Crippen molar-refractivity contribution in [2.75, 3.05) is 26.4 Å². The molecule has 7 heteroatoms. The van der Waals surface area contributed by atoms with Gasteiger partial charge in [-0.15, -0.1) is 0 Å². The number of imidazole rings is 1. The number of rotatable bonds is 12. The molecule has 1 N–H and O–H groups in total. The van der Waals surface area contributed by atoms with Crippen molar-refractivity contribution in [2.45, 2.75) is 40.2 Å². The first-order valence-electron chi connectivity index (χ1n) is 9.49. The summed E-state index contributed by atoms with van der Waals surface area (Å²) in [5, 5.41) is 2.95. The first-order chi connectivity index (χ1) is 13.2. The molecule has 0 aliphatic carbocycles. The summed E-state index contributed by atoms with van der Waals surface area (Å²) >= 11 is 0. The maximum Gasteiger partial charge on any atom is 0.251 e. The number of ether oxygens (including phenoxy) is 3. The average Bonchev–Trinajstić information content (AvgIpc) is 3.17. The Labute approximate surface area is 160 Å². The van der Waals surface area contributed by atoms with Crippen molar-refractivity contribution in [3.8, 4) is 17.2 Å². The van der Waals surface area contributed by atoms with Crippen LogP contribution >= 0.6 is 0 Å². The molecule has 0 saturated heterocycles. The van der Waals surface area contributed by atoms with E-state index in [1.807, 2.05) is 31.5 Å². The number of hydrogen-bond donors (Lipinski definition) is 1. The standard InChI is InChI=1S/C20H29N3O4/c1-4-25-17-13-16(14-18(26-5-2)19(17)27-6-3)20(24)22-9-7-8-11-23-12-10-21-15-23/h10,12-15H,4-9,11H2,1-3H3,(H,22,24). The highest BCUT2D eigenvalue weighted by atomic mass is 16.5. The van der Waals surface area contributed by atoms with E-state index in [4.69, 9.17) is 14.2 Å². The Morgan fingerprint density at radius 1 is 1.04 bits per heavy atom. The predicted molar refractivity (Wildman–Crippen MR) is 104 cm³/mol. The van der Waals surface area contributed by atoms with Gasteiger partial charge in [0.05, 0.1) is 26.1 Å². The molecule has 1 aromatic carbocycles. The van der Waals surface area contributed by atoms with Crippen LogP contribution in [0.1, 0.15) is 44.0 Å². The molecule has 0 bridgehead atoms. The molecule has 0 aliphatic heterocycles. The average molecular weight is 375 g/mol. The van der Waals surface area contributed by atoms with E-state index in [1.54, 1.807) is 24.7 Å². The molecule has 2 rings (SSSR count). The number of carbonyl (C=O) groups excluding carboxylic acids is 1. The largest absolute Gasteiger partial charge is 0.490 e. The minimum Gasteiger partial charge on any atom is -0.490 e. The lowest BCUT2D eigenvalue weighted by atomic mass is 10.1. The van der Waals surface area contributed by atoms with Crippen molar-refractivity contribution in [1.29, 1.82) is 0 Å². The molecule has 148 valence electrons. The molecule has 0 fully saturated rings. The van der Waals surface area contributed by atoms with Gasteiger partial charge in [0.15, 0.2) is 11.5 Å². The number of unbranched alkanes of at least 4 members (excludes halogenated alkanes) is 1. The van der Waals surface area contributed by atoms with Gasteiger partial charge >= 0.3 is 0 Å². The van der Waals surface area contributed by atoms with Crippen molar-refractivity contribution in [3.05, 3.63) is 36.4 Å². The number of aromatic nitrogens is 2. The lowest BCUT2D eigenvalue weighted by Gasteiger charge is -2.17. The minimum absolute atomic E-state index is 0.150. The molecular formula is C20H29N3O4. The fourth-order valence-electron chi connectivity index (χ4n) is 2.66. The summed E-state index contributed by atoms with van der Waals surface area (Å²) in [5.74, 6) is 1.44. The zero-order chi connectivity index (χ0) is 19.5. The molecule has 0 unspecified atom stereocenters. The summed E-state index contributed by atoms with van der Waals surface area (Å²) < 4.78 is 19.0. The van der Waals surface area contributed by atoms with Crippen molar-refractivity contribution in [2.24, 2.45) is 0 Å². The van der Waals surface area contributed by atoms with Crippen molar-refractivity contribution in [1.82, 2.24) is 14.9 Å². The van der Waals surface area contributed by atoms with E-state index in [1.165, 1.54) is 0 Å². The Bertz CT molecular complexity index is 674. The smallest absolute Gasteiger partial charge is 0.251 e. The van der Waals surface area contributed by atoms with Gasteiger partial charge in [-0.2, -0.15) is 0 Å². The molecule has 0 radical (unpaired) electrons. The van der Waals surface area contributed by atoms with Gasteiger partial charge in [-0.1, -0.05) is 0 Å². The van der Waals surface area contributed by atoms with Crippen LogP contribution in [-0.4, -0.2) is 41.8 Å². The molecule has 1 heterocycles. The van der Waals surface area contributed by atoms with Gasteiger partial charge in [-0.25, -0.2) is 4.98 Å². The van der Waals surface area contributed by atoms with Crippen LogP contribution in [0.3, 0.4) is 0 Å². The van der Waals surface area contributed by atoms with Crippen LogP contribution in [-0.2, 0) is 6.54 Å². The summed E-state index contributed by atoms with van der Waals surface area (Å²) in [7, 11) is 0. The van der Waals surface area contributed by atoms with E-state index in [9.17, 15) is 4.79 Å². The maximum absolute atomic E-state index is 12.5. The summed E-state index contributed by atoms with van der Waals surface area (Å²) in [6.45, 7) is 8.62. The van der Waals surface area contributed by atoms with E-state index in [0.29, 0.717) is 49.2 Å². The maximum atomic E-state index is 12.5. The normalized spacial score (nSPS) is 10.5. The minimum atomic E-state index is -0.150. The van der Waals surface area contributed by atoms with E-state index >= 15 is 0 Å². The highest BCUT2D eigenvalue weighted by Crippen LogP contribution is 2.39. The van der Waals surface area contributed by atoms with Gasteiger partial charge in [0, 0.05) is 31.0 Å². The van der Waals surface area contributed by atoms with Crippen LogP contribution in [0.2, 0.25) is 0 Å². The van der Waals surface area contributed by atoms with Crippen LogP contribution < -0.4 is 19.5 Å². The molecule has 27 heavy (non-hydrogen) atoms. The summed E-state index contributed by atoms with van der Waals surface area (Å²) in [6.07, 6.45) is 7.34. The highest BCUT2D eigenvalue weighted by Gasteiger charge is 2.18. The van der Waals surface area contributed by atoms with Crippen molar-refractivity contribution in [3.63, 3.8) is 0 Å². The molecule has 7 nitrogen and oxygen atoms in total. The lowest BCUT2D eigenvalue weighted by molar-refractivity contribution is 0.0951. The van der Waals surface area contributed by atoms with Gasteiger partial charge in [-0.3, -0.25) is 4.79 Å². The van der Waals surface area contributed by atoms with E-state index in [-0.39, 0.29) is 5.91 Å². The van der Waals surface area contributed by atoms with Gasteiger partial charge in [0.1, 0.15) is 0 Å². The molecule has 0 aliphatic rings. The van der Waals surface area contributed by atoms with Gasteiger partial charge in [0.2, 0.25) is 5.75 Å². The Morgan fingerprint density at radius 3 is 2.26 bits per heavy atom. The molecular weight excluding hydrogens is 346 g/mol. The third-order valence-corrected chi connectivity index (χ3v) is 3.86.